The number of piperidine rings is 1. The molecule has 4 rings (SSSR count). The van der Waals surface area contributed by atoms with Gasteiger partial charge < -0.3 is 19.5 Å². The highest BCUT2D eigenvalue weighted by Crippen LogP contribution is 2.31. The lowest BCUT2D eigenvalue weighted by atomic mass is 10.0. The number of nitrogens with zero attached hydrogens (tertiary/aromatic N) is 4. The molecule has 1 aromatic carbocycles. The van der Waals surface area contributed by atoms with E-state index in [1.165, 1.54) is 6.20 Å². The molecule has 1 unspecified atom stereocenters. The SMILES string of the molecule is O=C(O)c1cn(C2CCCN(C(=O)Cc3ccc4c(c3)OCCO4)C2)nn1. The van der Waals surface area contributed by atoms with Gasteiger partial charge in [-0.3, -0.25) is 4.79 Å². The average Bonchev–Trinajstić information content (AvgIpc) is 3.19. The molecule has 142 valence electrons. The van der Waals surface area contributed by atoms with Crippen LogP contribution in [0.15, 0.2) is 24.4 Å². The number of carboxylic acid groups (broad SMARTS) is 1. The molecule has 1 fully saturated rings. The van der Waals surface area contributed by atoms with E-state index in [0.717, 1.165) is 18.4 Å². The van der Waals surface area contributed by atoms with Gasteiger partial charge in [0.05, 0.1) is 18.7 Å². The van der Waals surface area contributed by atoms with Crippen LogP contribution < -0.4 is 9.47 Å². The number of hydrogen-bond acceptors (Lipinski definition) is 6. The number of carboxylic acids is 1. The minimum absolute atomic E-state index is 0.0231. The highest BCUT2D eigenvalue weighted by atomic mass is 16.6. The molecule has 9 nitrogen and oxygen atoms in total. The fourth-order valence-electron chi connectivity index (χ4n) is 3.43. The quantitative estimate of drug-likeness (QED) is 0.858. The molecular weight excluding hydrogens is 352 g/mol. The van der Waals surface area contributed by atoms with Crippen LogP contribution in [0.25, 0.3) is 0 Å². The van der Waals surface area contributed by atoms with Crippen molar-refractivity contribution in [1.82, 2.24) is 19.9 Å². The normalized spacial score (nSPS) is 19.0. The van der Waals surface area contributed by atoms with Gasteiger partial charge in [-0.25, -0.2) is 9.48 Å². The molecule has 2 aromatic rings. The second-order valence-electron chi connectivity index (χ2n) is 6.68. The van der Waals surface area contributed by atoms with Crippen LogP contribution in [0.5, 0.6) is 11.5 Å². The Morgan fingerprint density at radius 1 is 1.22 bits per heavy atom. The molecule has 3 heterocycles. The Morgan fingerprint density at radius 2 is 2.04 bits per heavy atom. The summed E-state index contributed by atoms with van der Waals surface area (Å²) in [7, 11) is 0. The van der Waals surface area contributed by atoms with Gasteiger partial charge >= 0.3 is 5.97 Å². The highest BCUT2D eigenvalue weighted by molar-refractivity contribution is 5.84. The van der Waals surface area contributed by atoms with Crippen LogP contribution in [0.1, 0.15) is 34.9 Å². The molecule has 0 aliphatic carbocycles. The maximum Gasteiger partial charge on any atom is 0.358 e. The van der Waals surface area contributed by atoms with Crippen LogP contribution in [0, 0.1) is 0 Å². The standard InChI is InChI=1S/C18H20N4O5/c23-17(9-12-3-4-15-16(8-12)27-7-6-26-15)21-5-1-2-13(10-21)22-11-14(18(24)25)19-20-22/h3-4,8,11,13H,1-2,5-7,9-10H2,(H,24,25). The summed E-state index contributed by atoms with van der Waals surface area (Å²) >= 11 is 0. The van der Waals surface area contributed by atoms with Crippen LogP contribution in [0.3, 0.4) is 0 Å². The number of hydrogen-bond donors (Lipinski definition) is 1. The van der Waals surface area contributed by atoms with Gasteiger partial charge in [0.15, 0.2) is 17.2 Å². The Hall–Kier alpha value is -3.10. The topological polar surface area (TPSA) is 107 Å². The first kappa shape index (κ1) is 17.3. The van der Waals surface area contributed by atoms with Crippen molar-refractivity contribution in [3.63, 3.8) is 0 Å². The molecule has 1 amide bonds. The monoisotopic (exact) mass is 372 g/mol. The third-order valence-electron chi connectivity index (χ3n) is 4.81. The van der Waals surface area contributed by atoms with Crippen molar-refractivity contribution < 1.29 is 24.2 Å². The fraction of sp³-hybridized carbons (Fsp3) is 0.444. The molecular formula is C18H20N4O5. The zero-order valence-electron chi connectivity index (χ0n) is 14.7. The summed E-state index contributed by atoms with van der Waals surface area (Å²) in [5.41, 5.74) is 0.787. The number of benzene rings is 1. The Labute approximate surface area is 155 Å². The van der Waals surface area contributed by atoms with Gasteiger partial charge in [0.2, 0.25) is 5.91 Å². The minimum atomic E-state index is -1.11. The van der Waals surface area contributed by atoms with E-state index in [1.54, 1.807) is 9.58 Å². The number of amides is 1. The second kappa shape index (κ2) is 7.26. The summed E-state index contributed by atoms with van der Waals surface area (Å²) in [6.45, 7) is 2.22. The van der Waals surface area contributed by atoms with E-state index in [0.29, 0.717) is 37.8 Å². The zero-order valence-corrected chi connectivity index (χ0v) is 14.7. The molecule has 9 heteroatoms. The predicted molar refractivity (Wildman–Crippen MR) is 93.0 cm³/mol. The largest absolute Gasteiger partial charge is 0.486 e. The Morgan fingerprint density at radius 3 is 2.81 bits per heavy atom. The molecule has 1 saturated heterocycles. The summed E-state index contributed by atoms with van der Waals surface area (Å²) < 4.78 is 12.6. The smallest absolute Gasteiger partial charge is 0.358 e. The van der Waals surface area contributed by atoms with E-state index < -0.39 is 5.97 Å². The minimum Gasteiger partial charge on any atom is -0.486 e. The summed E-state index contributed by atoms with van der Waals surface area (Å²) in [5, 5.41) is 16.5. The molecule has 27 heavy (non-hydrogen) atoms. The van der Waals surface area contributed by atoms with Crippen molar-refractivity contribution in [2.24, 2.45) is 0 Å². The lowest BCUT2D eigenvalue weighted by molar-refractivity contribution is -0.132. The van der Waals surface area contributed by atoms with Crippen LogP contribution in [0.4, 0.5) is 0 Å². The summed E-state index contributed by atoms with van der Waals surface area (Å²) in [6.07, 6.45) is 3.36. The number of carbonyl (C=O) groups is 2. The van der Waals surface area contributed by atoms with Crippen molar-refractivity contribution in [2.45, 2.75) is 25.3 Å². The van der Waals surface area contributed by atoms with Crippen LogP contribution in [-0.2, 0) is 11.2 Å². The van der Waals surface area contributed by atoms with E-state index in [2.05, 4.69) is 10.3 Å². The van der Waals surface area contributed by atoms with Crippen LogP contribution in [0.2, 0.25) is 0 Å². The van der Waals surface area contributed by atoms with Crippen molar-refractivity contribution in [1.29, 1.82) is 0 Å². The summed E-state index contributed by atoms with van der Waals surface area (Å²) in [6, 6.07) is 5.50. The van der Waals surface area contributed by atoms with Crippen LogP contribution >= 0.6 is 0 Å². The summed E-state index contributed by atoms with van der Waals surface area (Å²) in [4.78, 5) is 25.5. The van der Waals surface area contributed by atoms with Crippen molar-refractivity contribution in [2.75, 3.05) is 26.3 Å². The predicted octanol–water partition coefficient (Wildman–Crippen LogP) is 1.15. The Balaban J connectivity index is 1.41. The maximum atomic E-state index is 12.7. The molecule has 2 aliphatic rings. The van der Waals surface area contributed by atoms with Crippen molar-refractivity contribution in [3.05, 3.63) is 35.7 Å². The van der Waals surface area contributed by atoms with E-state index in [9.17, 15) is 9.59 Å². The third-order valence-corrected chi connectivity index (χ3v) is 4.81. The van der Waals surface area contributed by atoms with Gasteiger partial charge in [-0.2, -0.15) is 0 Å². The second-order valence-corrected chi connectivity index (χ2v) is 6.68. The van der Waals surface area contributed by atoms with Gasteiger partial charge in [-0.15, -0.1) is 5.10 Å². The lowest BCUT2D eigenvalue weighted by Crippen LogP contribution is -2.41. The fourth-order valence-corrected chi connectivity index (χ4v) is 3.43. The van der Waals surface area contributed by atoms with Crippen molar-refractivity contribution >= 4 is 11.9 Å². The molecule has 2 aliphatic heterocycles. The van der Waals surface area contributed by atoms with Gasteiger partial charge in [0, 0.05) is 13.1 Å². The number of ether oxygens (including phenoxy) is 2. The highest BCUT2D eigenvalue weighted by Gasteiger charge is 2.26. The van der Waals surface area contributed by atoms with Crippen molar-refractivity contribution in [3.8, 4) is 11.5 Å². The van der Waals surface area contributed by atoms with E-state index in [1.807, 2.05) is 18.2 Å². The Kier molecular flexibility index (Phi) is 4.66. The van der Waals surface area contributed by atoms with E-state index >= 15 is 0 Å². The van der Waals surface area contributed by atoms with E-state index in [4.69, 9.17) is 14.6 Å². The van der Waals surface area contributed by atoms with Gasteiger partial charge in [0.1, 0.15) is 13.2 Å². The number of likely N-dealkylation sites (tertiary alicyclic amines) is 1. The first-order chi connectivity index (χ1) is 13.1. The summed E-state index contributed by atoms with van der Waals surface area (Å²) in [5.74, 6) is 0.293. The van der Waals surface area contributed by atoms with Gasteiger partial charge in [0.25, 0.3) is 0 Å². The number of carbonyl (C=O) groups excluding carboxylic acids is 1. The zero-order chi connectivity index (χ0) is 18.8. The average molecular weight is 372 g/mol. The number of aromatic nitrogens is 3. The Bertz CT molecular complexity index is 865. The molecule has 0 spiro atoms. The molecule has 1 aromatic heterocycles. The van der Waals surface area contributed by atoms with E-state index in [-0.39, 0.29) is 24.1 Å². The number of rotatable bonds is 4. The molecule has 0 radical (unpaired) electrons. The first-order valence-electron chi connectivity index (χ1n) is 8.91. The maximum absolute atomic E-state index is 12.7. The van der Waals surface area contributed by atoms with Crippen LogP contribution in [-0.4, -0.2) is 63.2 Å². The number of fused-ring (bicyclic) bond motifs is 1. The molecule has 1 N–H and O–H groups in total. The number of aromatic carboxylic acids is 1. The molecule has 1 atom stereocenters. The molecule has 0 saturated carbocycles. The lowest BCUT2D eigenvalue weighted by Gasteiger charge is -2.32. The first-order valence-corrected chi connectivity index (χ1v) is 8.91. The van der Waals surface area contributed by atoms with Gasteiger partial charge in [-0.05, 0) is 30.5 Å². The molecule has 0 bridgehead atoms. The third kappa shape index (κ3) is 3.71. The van der Waals surface area contributed by atoms with Gasteiger partial charge in [-0.1, -0.05) is 11.3 Å².